The van der Waals surface area contributed by atoms with Gasteiger partial charge >= 0.3 is 0 Å². The Balaban J connectivity index is 2.08. The Bertz CT molecular complexity index is 744. The van der Waals surface area contributed by atoms with Crippen LogP contribution in [0.4, 0.5) is 5.69 Å². The molecule has 3 nitrogen and oxygen atoms in total. The van der Waals surface area contributed by atoms with Crippen molar-refractivity contribution in [2.75, 3.05) is 4.90 Å². The Kier molecular flexibility index (Phi) is 3.62. The number of fused-ring (bicyclic) bond motifs is 1. The number of carbonyl (C=O) groups is 2. The fourth-order valence-electron chi connectivity index (χ4n) is 2.10. The van der Waals surface area contributed by atoms with Gasteiger partial charge in [-0.15, -0.1) is 11.3 Å². The summed E-state index contributed by atoms with van der Waals surface area (Å²) in [5, 5.41) is 2.51. The summed E-state index contributed by atoms with van der Waals surface area (Å²) in [7, 11) is 0. The van der Waals surface area contributed by atoms with E-state index in [4.69, 9.17) is 23.2 Å². The molecule has 1 amide bonds. The number of ketones is 1. The molecule has 0 radical (unpaired) electrons. The van der Waals surface area contributed by atoms with Crippen LogP contribution in [-0.2, 0) is 11.3 Å². The molecule has 2 aromatic rings. The number of carbonyl (C=O) groups excluding carboxylic acids is 2. The van der Waals surface area contributed by atoms with Crippen molar-refractivity contribution in [3.05, 3.63) is 48.5 Å². The maximum absolute atomic E-state index is 12.1. The molecule has 3 rings (SSSR count). The molecule has 0 unspecified atom stereocenters. The van der Waals surface area contributed by atoms with Crippen LogP contribution in [0.1, 0.15) is 15.2 Å². The molecule has 102 valence electrons. The Morgan fingerprint density at radius 1 is 1.20 bits per heavy atom. The topological polar surface area (TPSA) is 37.4 Å². The van der Waals surface area contributed by atoms with Crippen molar-refractivity contribution in [1.29, 1.82) is 0 Å². The van der Waals surface area contributed by atoms with Crippen molar-refractivity contribution >= 4 is 67.8 Å². The maximum Gasteiger partial charge on any atom is 0.299 e. The maximum atomic E-state index is 12.1. The summed E-state index contributed by atoms with van der Waals surface area (Å²) in [4.78, 5) is 26.5. The summed E-state index contributed by atoms with van der Waals surface area (Å²) in [6, 6.07) is 5.02. The van der Waals surface area contributed by atoms with Crippen LogP contribution in [0.15, 0.2) is 28.1 Å². The zero-order valence-corrected chi connectivity index (χ0v) is 13.7. The average molecular weight is 391 g/mol. The molecule has 20 heavy (non-hydrogen) atoms. The van der Waals surface area contributed by atoms with Crippen LogP contribution >= 0.6 is 50.5 Å². The van der Waals surface area contributed by atoms with E-state index < -0.39 is 11.7 Å². The highest BCUT2D eigenvalue weighted by molar-refractivity contribution is 9.10. The molecule has 0 saturated heterocycles. The van der Waals surface area contributed by atoms with Gasteiger partial charge < -0.3 is 0 Å². The molecule has 0 N–H and O–H groups in total. The molecule has 0 bridgehead atoms. The highest BCUT2D eigenvalue weighted by Gasteiger charge is 2.39. The lowest BCUT2D eigenvalue weighted by Gasteiger charge is -2.16. The Labute approximate surface area is 137 Å². The molecule has 0 atom stereocenters. The van der Waals surface area contributed by atoms with Gasteiger partial charge in [0.05, 0.1) is 27.8 Å². The molecule has 7 heteroatoms. The van der Waals surface area contributed by atoms with Gasteiger partial charge in [0.15, 0.2) is 0 Å². The number of amides is 1. The molecule has 1 aromatic heterocycles. The van der Waals surface area contributed by atoms with Crippen LogP contribution in [0.25, 0.3) is 0 Å². The van der Waals surface area contributed by atoms with E-state index in [2.05, 4.69) is 15.9 Å². The van der Waals surface area contributed by atoms with Gasteiger partial charge in [-0.1, -0.05) is 23.2 Å². The summed E-state index contributed by atoms with van der Waals surface area (Å²) in [5.41, 5.74) is 0.596. The quantitative estimate of drug-likeness (QED) is 0.705. The highest BCUT2D eigenvalue weighted by atomic mass is 79.9. The van der Waals surface area contributed by atoms with Gasteiger partial charge in [-0.2, -0.15) is 0 Å². The summed E-state index contributed by atoms with van der Waals surface area (Å²) in [6.45, 7) is 0.300. The number of hydrogen-bond acceptors (Lipinski definition) is 3. The standard InChI is InChI=1S/C13H6BrCl2NO2S/c14-6-3-7(20-5-6)4-17-11-9(16)2-1-8(15)10(11)12(18)13(17)19/h1-3,5H,4H2. The third kappa shape index (κ3) is 2.19. The Morgan fingerprint density at radius 3 is 2.55 bits per heavy atom. The predicted octanol–water partition coefficient (Wildman–Crippen LogP) is 4.55. The van der Waals surface area contributed by atoms with E-state index in [1.165, 1.54) is 22.3 Å². The molecule has 0 fully saturated rings. The van der Waals surface area contributed by atoms with E-state index >= 15 is 0 Å². The molecule has 1 aliphatic heterocycles. The summed E-state index contributed by atoms with van der Waals surface area (Å²) >= 11 is 17.0. The SMILES string of the molecule is O=C1C(=O)N(Cc2cc(Br)cs2)c2c(Cl)ccc(Cl)c21. The second kappa shape index (κ2) is 5.15. The van der Waals surface area contributed by atoms with E-state index in [1.54, 1.807) is 6.07 Å². The smallest absolute Gasteiger partial charge is 0.298 e. The fourth-order valence-corrected chi connectivity index (χ4v) is 4.03. The highest BCUT2D eigenvalue weighted by Crippen LogP contribution is 2.41. The van der Waals surface area contributed by atoms with Crippen LogP contribution in [0.5, 0.6) is 0 Å². The first kappa shape index (κ1) is 14.1. The van der Waals surface area contributed by atoms with Crippen LogP contribution < -0.4 is 4.90 Å². The van der Waals surface area contributed by atoms with Crippen molar-refractivity contribution < 1.29 is 9.59 Å². The number of benzene rings is 1. The molecule has 2 heterocycles. The second-order valence-electron chi connectivity index (χ2n) is 4.20. The third-order valence-corrected chi connectivity index (χ3v) is 5.25. The minimum atomic E-state index is -0.608. The van der Waals surface area contributed by atoms with Crippen molar-refractivity contribution in [3.8, 4) is 0 Å². The van der Waals surface area contributed by atoms with Crippen LogP contribution in [-0.4, -0.2) is 11.7 Å². The van der Waals surface area contributed by atoms with E-state index in [0.29, 0.717) is 17.3 Å². The number of halogens is 3. The number of anilines is 1. The van der Waals surface area contributed by atoms with Gasteiger partial charge in [0.1, 0.15) is 0 Å². The number of nitrogens with zero attached hydrogens (tertiary/aromatic N) is 1. The Morgan fingerprint density at radius 2 is 1.90 bits per heavy atom. The summed E-state index contributed by atoms with van der Waals surface area (Å²) < 4.78 is 0.938. The molecule has 1 aromatic carbocycles. The van der Waals surface area contributed by atoms with Crippen molar-refractivity contribution in [1.82, 2.24) is 0 Å². The zero-order chi connectivity index (χ0) is 14.4. The first-order valence-electron chi connectivity index (χ1n) is 5.56. The van der Waals surface area contributed by atoms with E-state index in [1.807, 2.05) is 11.4 Å². The summed E-state index contributed by atoms with van der Waals surface area (Å²) in [5.74, 6) is -1.21. The van der Waals surface area contributed by atoms with Crippen molar-refractivity contribution in [2.45, 2.75) is 6.54 Å². The average Bonchev–Trinajstić information content (AvgIpc) is 2.92. The molecule has 0 aliphatic carbocycles. The van der Waals surface area contributed by atoms with Crippen LogP contribution in [0.3, 0.4) is 0 Å². The molecule has 0 saturated carbocycles. The predicted molar refractivity (Wildman–Crippen MR) is 84.0 cm³/mol. The lowest BCUT2D eigenvalue weighted by molar-refractivity contribution is -0.114. The van der Waals surface area contributed by atoms with Crippen LogP contribution in [0, 0.1) is 0 Å². The summed E-state index contributed by atoms with van der Waals surface area (Å²) in [6.07, 6.45) is 0. The lowest BCUT2D eigenvalue weighted by atomic mass is 10.1. The van der Waals surface area contributed by atoms with Gasteiger partial charge in [0.2, 0.25) is 0 Å². The molecular weight excluding hydrogens is 385 g/mol. The molecular formula is C13H6BrCl2NO2S. The van der Waals surface area contributed by atoms with Crippen molar-refractivity contribution in [3.63, 3.8) is 0 Å². The first-order valence-corrected chi connectivity index (χ1v) is 7.99. The number of rotatable bonds is 2. The number of hydrogen-bond donors (Lipinski definition) is 0. The Hall–Kier alpha value is -0.880. The normalized spacial score (nSPS) is 14.1. The van der Waals surface area contributed by atoms with Crippen LogP contribution in [0.2, 0.25) is 10.0 Å². The lowest BCUT2D eigenvalue weighted by Crippen LogP contribution is -2.28. The largest absolute Gasteiger partial charge is 0.299 e. The van der Waals surface area contributed by atoms with E-state index in [-0.39, 0.29) is 10.6 Å². The number of Topliss-reactive ketones (excluding diaryl/α,β-unsaturated/α-hetero) is 1. The monoisotopic (exact) mass is 389 g/mol. The minimum absolute atomic E-state index is 0.194. The van der Waals surface area contributed by atoms with Gasteiger partial charge in [-0.25, -0.2) is 0 Å². The first-order chi connectivity index (χ1) is 9.49. The van der Waals surface area contributed by atoms with E-state index in [9.17, 15) is 9.59 Å². The number of thiophene rings is 1. The fraction of sp³-hybridized carbons (Fsp3) is 0.0769. The van der Waals surface area contributed by atoms with Gasteiger partial charge in [0.25, 0.3) is 11.7 Å². The van der Waals surface area contributed by atoms with E-state index in [0.717, 1.165) is 9.35 Å². The third-order valence-electron chi connectivity index (χ3n) is 2.95. The zero-order valence-electron chi connectivity index (χ0n) is 9.82. The van der Waals surface area contributed by atoms with Gasteiger partial charge in [-0.3, -0.25) is 14.5 Å². The van der Waals surface area contributed by atoms with Gasteiger partial charge in [-0.05, 0) is 34.1 Å². The van der Waals surface area contributed by atoms with Gasteiger partial charge in [0, 0.05) is 14.7 Å². The molecule has 1 aliphatic rings. The molecule has 0 spiro atoms. The minimum Gasteiger partial charge on any atom is -0.298 e. The van der Waals surface area contributed by atoms with Crippen molar-refractivity contribution in [2.24, 2.45) is 0 Å². The second-order valence-corrected chi connectivity index (χ2v) is 6.93.